The molecule has 2 rings (SSSR count). The summed E-state index contributed by atoms with van der Waals surface area (Å²) in [6.45, 7) is 6.15. The highest BCUT2D eigenvalue weighted by molar-refractivity contribution is 5.94. The molecule has 0 spiro atoms. The van der Waals surface area contributed by atoms with Gasteiger partial charge in [0.25, 0.3) is 5.91 Å². The Kier molecular flexibility index (Phi) is 4.43. The zero-order valence-corrected chi connectivity index (χ0v) is 11.6. The van der Waals surface area contributed by atoms with Gasteiger partial charge in [-0.15, -0.1) is 0 Å². The molecule has 1 amide bonds. The number of nitrogens with one attached hydrogen (secondary N) is 1. The molecule has 19 heavy (non-hydrogen) atoms. The van der Waals surface area contributed by atoms with Gasteiger partial charge in [-0.05, 0) is 51.0 Å². The van der Waals surface area contributed by atoms with Crippen LogP contribution in [0, 0.1) is 0 Å². The summed E-state index contributed by atoms with van der Waals surface area (Å²) in [4.78, 5) is 14.2. The van der Waals surface area contributed by atoms with E-state index in [9.17, 15) is 9.90 Å². The van der Waals surface area contributed by atoms with Gasteiger partial charge in [0.2, 0.25) is 0 Å². The van der Waals surface area contributed by atoms with E-state index in [1.165, 1.54) is 0 Å². The summed E-state index contributed by atoms with van der Waals surface area (Å²) in [5.74, 6) is -0.0528. The molecule has 4 heteroatoms. The van der Waals surface area contributed by atoms with Crippen molar-refractivity contribution < 1.29 is 9.90 Å². The van der Waals surface area contributed by atoms with Gasteiger partial charge in [0.15, 0.2) is 0 Å². The van der Waals surface area contributed by atoms with Crippen molar-refractivity contribution in [2.75, 3.05) is 18.0 Å². The summed E-state index contributed by atoms with van der Waals surface area (Å²) in [7, 11) is 0. The fraction of sp³-hybridized carbons (Fsp3) is 0.533. The lowest BCUT2D eigenvalue weighted by Gasteiger charge is -2.32. The average Bonchev–Trinajstić information content (AvgIpc) is 2.39. The number of hydrogen-bond donors (Lipinski definition) is 2. The van der Waals surface area contributed by atoms with Crippen LogP contribution in [-0.4, -0.2) is 36.2 Å². The number of amides is 1. The van der Waals surface area contributed by atoms with E-state index in [1.807, 2.05) is 24.3 Å². The molecule has 1 aliphatic carbocycles. The molecule has 1 fully saturated rings. The highest BCUT2D eigenvalue weighted by atomic mass is 16.3. The summed E-state index contributed by atoms with van der Waals surface area (Å²) in [6, 6.07) is 7.82. The quantitative estimate of drug-likeness (QED) is 0.850. The Morgan fingerprint density at radius 3 is 2.32 bits per heavy atom. The van der Waals surface area contributed by atoms with Crippen molar-refractivity contribution in [1.82, 2.24) is 5.32 Å². The molecule has 0 bridgehead atoms. The Bertz CT molecular complexity index is 420. The van der Waals surface area contributed by atoms with Crippen molar-refractivity contribution >= 4 is 11.6 Å². The van der Waals surface area contributed by atoms with Crippen molar-refractivity contribution in [3.05, 3.63) is 29.8 Å². The van der Waals surface area contributed by atoms with Crippen molar-refractivity contribution in [3.63, 3.8) is 0 Å². The second-order valence-corrected chi connectivity index (χ2v) is 5.01. The van der Waals surface area contributed by atoms with Gasteiger partial charge in [-0.2, -0.15) is 0 Å². The van der Waals surface area contributed by atoms with Crippen LogP contribution in [0.3, 0.4) is 0 Å². The third-order valence-electron chi connectivity index (χ3n) is 3.71. The van der Waals surface area contributed by atoms with Crippen LogP contribution in [0.1, 0.15) is 37.0 Å². The molecule has 1 saturated carbocycles. The van der Waals surface area contributed by atoms with E-state index < -0.39 is 0 Å². The molecule has 1 aromatic rings. The summed E-state index contributed by atoms with van der Waals surface area (Å²) < 4.78 is 0. The molecule has 0 aliphatic heterocycles. The van der Waals surface area contributed by atoms with E-state index in [1.54, 1.807) is 0 Å². The van der Waals surface area contributed by atoms with E-state index >= 15 is 0 Å². The van der Waals surface area contributed by atoms with E-state index in [2.05, 4.69) is 24.1 Å². The number of anilines is 1. The van der Waals surface area contributed by atoms with Gasteiger partial charge in [0.1, 0.15) is 0 Å². The molecule has 104 valence electrons. The molecule has 1 aromatic carbocycles. The minimum absolute atomic E-state index is 0.0528. The number of aliphatic hydroxyl groups excluding tert-OH is 1. The molecule has 2 N–H and O–H groups in total. The van der Waals surface area contributed by atoms with Crippen LogP contribution in [0.25, 0.3) is 0 Å². The monoisotopic (exact) mass is 262 g/mol. The SMILES string of the molecule is CCN(CC)c1ccc(C(=O)NC2CC(O)C2)cc1. The molecule has 0 saturated heterocycles. The van der Waals surface area contributed by atoms with Crippen LogP contribution in [0.5, 0.6) is 0 Å². The standard InChI is InChI=1S/C15H22N2O2/c1-3-17(4-2)13-7-5-11(6-8-13)15(19)16-12-9-14(18)10-12/h5-8,12,14,18H,3-4,9-10H2,1-2H3,(H,16,19). The molecule has 0 atom stereocenters. The van der Waals surface area contributed by atoms with Gasteiger partial charge in [-0.1, -0.05) is 0 Å². The fourth-order valence-corrected chi connectivity index (χ4v) is 2.39. The van der Waals surface area contributed by atoms with Gasteiger partial charge in [0.05, 0.1) is 6.10 Å². The van der Waals surface area contributed by atoms with Crippen LogP contribution in [0.2, 0.25) is 0 Å². The highest BCUT2D eigenvalue weighted by Gasteiger charge is 2.28. The first kappa shape index (κ1) is 13.9. The van der Waals surface area contributed by atoms with Crippen molar-refractivity contribution in [2.45, 2.75) is 38.8 Å². The lowest BCUT2D eigenvalue weighted by atomic mass is 9.89. The van der Waals surface area contributed by atoms with Crippen LogP contribution < -0.4 is 10.2 Å². The van der Waals surface area contributed by atoms with Gasteiger partial charge in [-0.25, -0.2) is 0 Å². The highest BCUT2D eigenvalue weighted by Crippen LogP contribution is 2.20. The Hall–Kier alpha value is -1.55. The maximum atomic E-state index is 12.0. The third-order valence-corrected chi connectivity index (χ3v) is 3.71. The first-order valence-corrected chi connectivity index (χ1v) is 6.98. The smallest absolute Gasteiger partial charge is 0.251 e. The van der Waals surface area contributed by atoms with Crippen molar-refractivity contribution in [3.8, 4) is 0 Å². The Balaban J connectivity index is 1.95. The maximum Gasteiger partial charge on any atom is 0.251 e. The van der Waals surface area contributed by atoms with Crippen LogP contribution >= 0.6 is 0 Å². The van der Waals surface area contributed by atoms with E-state index in [0.29, 0.717) is 18.4 Å². The first-order valence-electron chi connectivity index (χ1n) is 6.98. The zero-order chi connectivity index (χ0) is 13.8. The Morgan fingerprint density at radius 1 is 1.26 bits per heavy atom. The average molecular weight is 262 g/mol. The van der Waals surface area contributed by atoms with E-state index in [-0.39, 0.29) is 18.1 Å². The van der Waals surface area contributed by atoms with Gasteiger partial charge >= 0.3 is 0 Å². The van der Waals surface area contributed by atoms with Crippen LogP contribution in [-0.2, 0) is 0 Å². The second-order valence-electron chi connectivity index (χ2n) is 5.01. The predicted octanol–water partition coefficient (Wildman–Crippen LogP) is 1.79. The minimum atomic E-state index is -0.240. The predicted molar refractivity (Wildman–Crippen MR) is 76.5 cm³/mol. The lowest BCUT2D eigenvalue weighted by molar-refractivity contribution is 0.0562. The van der Waals surface area contributed by atoms with Gasteiger partial charge < -0.3 is 15.3 Å². The maximum absolute atomic E-state index is 12.0. The van der Waals surface area contributed by atoms with Crippen LogP contribution in [0.15, 0.2) is 24.3 Å². The van der Waals surface area contributed by atoms with E-state index in [0.717, 1.165) is 18.8 Å². The summed E-state index contributed by atoms with van der Waals surface area (Å²) in [5, 5.41) is 12.1. The molecule has 0 aromatic heterocycles. The van der Waals surface area contributed by atoms with Crippen molar-refractivity contribution in [2.24, 2.45) is 0 Å². The lowest BCUT2D eigenvalue weighted by Crippen LogP contribution is -2.46. The number of carbonyl (C=O) groups is 1. The number of rotatable bonds is 5. The van der Waals surface area contributed by atoms with E-state index in [4.69, 9.17) is 0 Å². The third kappa shape index (κ3) is 3.26. The number of carbonyl (C=O) groups excluding carboxylic acids is 1. The second kappa shape index (κ2) is 6.06. The van der Waals surface area contributed by atoms with Gasteiger partial charge in [-0.3, -0.25) is 4.79 Å². The number of nitrogens with zero attached hydrogens (tertiary/aromatic N) is 1. The molecule has 0 radical (unpaired) electrons. The van der Waals surface area contributed by atoms with Gasteiger partial charge in [0, 0.05) is 30.4 Å². The number of hydrogen-bond acceptors (Lipinski definition) is 3. The molecule has 4 nitrogen and oxygen atoms in total. The molecular weight excluding hydrogens is 240 g/mol. The molecule has 0 unspecified atom stereocenters. The summed E-state index contributed by atoms with van der Waals surface area (Å²) in [5.41, 5.74) is 1.82. The molecule has 1 aliphatic rings. The number of benzene rings is 1. The first-order chi connectivity index (χ1) is 9.13. The minimum Gasteiger partial charge on any atom is -0.393 e. The largest absolute Gasteiger partial charge is 0.393 e. The normalized spacial score (nSPS) is 21.6. The zero-order valence-electron chi connectivity index (χ0n) is 11.6. The Morgan fingerprint density at radius 2 is 1.84 bits per heavy atom. The summed E-state index contributed by atoms with van der Waals surface area (Å²) >= 11 is 0. The van der Waals surface area contributed by atoms with Crippen LogP contribution in [0.4, 0.5) is 5.69 Å². The molecular formula is C15H22N2O2. The fourth-order valence-electron chi connectivity index (χ4n) is 2.39. The number of aliphatic hydroxyl groups is 1. The molecule has 0 heterocycles. The summed E-state index contributed by atoms with van der Waals surface area (Å²) in [6.07, 6.45) is 1.10. The Labute approximate surface area is 114 Å². The topological polar surface area (TPSA) is 52.6 Å². The van der Waals surface area contributed by atoms with Crippen molar-refractivity contribution in [1.29, 1.82) is 0 Å².